The number of likely N-dealkylation sites (tertiary alicyclic amines) is 1. The molecule has 0 bridgehead atoms. The lowest BCUT2D eigenvalue weighted by molar-refractivity contribution is 0.198. The zero-order valence-electron chi connectivity index (χ0n) is 21.0. The molecule has 192 valence electrons. The fourth-order valence-corrected chi connectivity index (χ4v) is 5.37. The van der Waals surface area contributed by atoms with Crippen molar-refractivity contribution < 1.29 is 9.53 Å². The van der Waals surface area contributed by atoms with E-state index in [4.69, 9.17) is 4.74 Å². The Bertz CT molecular complexity index is 1000. The minimum absolute atomic E-state index is 0.0204. The number of rotatable bonds is 8. The highest BCUT2D eigenvalue weighted by atomic mass is 16.5. The number of amides is 2. The molecule has 2 heterocycles. The van der Waals surface area contributed by atoms with Crippen molar-refractivity contribution in [2.24, 2.45) is 15.9 Å². The van der Waals surface area contributed by atoms with Gasteiger partial charge in [0.25, 0.3) is 0 Å². The van der Waals surface area contributed by atoms with Crippen LogP contribution in [0.4, 0.5) is 16.2 Å². The van der Waals surface area contributed by atoms with Gasteiger partial charge in [-0.1, -0.05) is 25.3 Å². The van der Waals surface area contributed by atoms with E-state index >= 15 is 0 Å². The normalized spacial score (nSPS) is 24.0. The summed E-state index contributed by atoms with van der Waals surface area (Å²) < 4.78 is 6.01. The Labute approximate surface area is 214 Å². The maximum absolute atomic E-state index is 12.3. The molecule has 2 atom stereocenters. The molecule has 2 aliphatic heterocycles. The third kappa shape index (κ3) is 6.75. The molecule has 4 aliphatic rings. The van der Waals surface area contributed by atoms with Crippen LogP contribution >= 0.6 is 0 Å². The van der Waals surface area contributed by atoms with Crippen molar-refractivity contribution in [2.75, 3.05) is 36.9 Å². The molecule has 1 aromatic carbocycles. The van der Waals surface area contributed by atoms with Crippen LogP contribution in [0.3, 0.4) is 0 Å². The van der Waals surface area contributed by atoms with Gasteiger partial charge >= 0.3 is 6.03 Å². The molecule has 8 nitrogen and oxygen atoms in total. The van der Waals surface area contributed by atoms with Gasteiger partial charge in [0.2, 0.25) is 0 Å². The first-order chi connectivity index (χ1) is 17.7. The average Bonchev–Trinajstić information content (AvgIpc) is 3.42. The lowest BCUT2D eigenvalue weighted by atomic mass is 9.92. The van der Waals surface area contributed by atoms with E-state index in [0.717, 1.165) is 55.4 Å². The molecule has 0 radical (unpaired) electrons. The summed E-state index contributed by atoms with van der Waals surface area (Å²) >= 11 is 0. The summed E-state index contributed by atoms with van der Waals surface area (Å²) in [6.07, 6.45) is 17.4. The second-order valence-corrected chi connectivity index (χ2v) is 10.1. The highest BCUT2D eigenvalue weighted by Gasteiger charge is 2.28. The smallest absolute Gasteiger partial charge is 0.319 e. The van der Waals surface area contributed by atoms with Gasteiger partial charge in [0.15, 0.2) is 0 Å². The lowest BCUT2D eigenvalue weighted by Crippen LogP contribution is -2.39. The molecule has 8 heteroatoms. The Morgan fingerprint density at radius 1 is 1.03 bits per heavy atom. The number of nitrogens with zero attached hydrogens (tertiary/aromatic N) is 3. The van der Waals surface area contributed by atoms with Gasteiger partial charge in [0, 0.05) is 24.0 Å². The van der Waals surface area contributed by atoms with Crippen LogP contribution in [0.15, 0.2) is 58.2 Å². The number of hydrogen-bond acceptors (Lipinski definition) is 6. The molecular formula is C28H38N6O2. The largest absolute Gasteiger partial charge is 0.494 e. The fraction of sp³-hybridized carbons (Fsp3) is 0.536. The van der Waals surface area contributed by atoms with Crippen molar-refractivity contribution in [3.8, 4) is 0 Å². The molecule has 36 heavy (non-hydrogen) atoms. The van der Waals surface area contributed by atoms with Gasteiger partial charge in [-0.3, -0.25) is 4.99 Å². The summed E-state index contributed by atoms with van der Waals surface area (Å²) in [5.41, 5.74) is 1.69. The van der Waals surface area contributed by atoms with E-state index in [9.17, 15) is 4.79 Å². The summed E-state index contributed by atoms with van der Waals surface area (Å²) in [5, 5.41) is 9.46. The monoisotopic (exact) mass is 490 g/mol. The molecular weight excluding hydrogens is 452 g/mol. The average molecular weight is 491 g/mol. The highest BCUT2D eigenvalue weighted by molar-refractivity contribution is 6.04. The minimum atomic E-state index is -0.133. The van der Waals surface area contributed by atoms with E-state index in [0.29, 0.717) is 0 Å². The van der Waals surface area contributed by atoms with Crippen molar-refractivity contribution in [3.05, 3.63) is 48.3 Å². The maximum atomic E-state index is 12.3. The number of ether oxygens (including phenoxy) is 1. The number of benzene rings is 1. The second kappa shape index (κ2) is 12.2. The number of urea groups is 1. The molecule has 0 spiro atoms. The van der Waals surface area contributed by atoms with E-state index in [-0.39, 0.29) is 24.0 Å². The van der Waals surface area contributed by atoms with Gasteiger partial charge < -0.3 is 25.6 Å². The summed E-state index contributed by atoms with van der Waals surface area (Å²) in [6, 6.07) is 7.86. The second-order valence-electron chi connectivity index (χ2n) is 10.1. The predicted molar refractivity (Wildman–Crippen MR) is 146 cm³/mol. The molecule has 1 saturated carbocycles. The van der Waals surface area contributed by atoms with Crippen molar-refractivity contribution in [1.82, 2.24) is 10.2 Å². The third-order valence-corrected chi connectivity index (χ3v) is 7.36. The molecule has 2 aliphatic carbocycles. The number of carbonyl (C=O) groups excluding carboxylic acids is 1. The number of aliphatic imine (C=N–C) groups is 2. The van der Waals surface area contributed by atoms with E-state index in [2.05, 4.69) is 43.0 Å². The van der Waals surface area contributed by atoms with E-state index < -0.39 is 0 Å². The molecule has 5 rings (SSSR count). The first-order valence-electron chi connectivity index (χ1n) is 13.5. The van der Waals surface area contributed by atoms with Gasteiger partial charge in [0.05, 0.1) is 18.6 Å². The Balaban J connectivity index is 1.08. The maximum Gasteiger partial charge on any atom is 0.319 e. The number of nitrogens with one attached hydrogen (secondary N) is 3. The van der Waals surface area contributed by atoms with Crippen LogP contribution in [-0.2, 0) is 4.74 Å². The molecule has 1 saturated heterocycles. The van der Waals surface area contributed by atoms with E-state index in [1.165, 1.54) is 45.2 Å². The lowest BCUT2D eigenvalue weighted by Gasteiger charge is -2.27. The summed E-state index contributed by atoms with van der Waals surface area (Å²) in [5.74, 6) is 1.79. The van der Waals surface area contributed by atoms with E-state index in [1.807, 2.05) is 30.3 Å². The molecule has 3 N–H and O–H groups in total. The number of amidine groups is 1. The van der Waals surface area contributed by atoms with Crippen molar-refractivity contribution in [3.63, 3.8) is 0 Å². The van der Waals surface area contributed by atoms with Crippen LogP contribution in [0.25, 0.3) is 0 Å². The Kier molecular flexibility index (Phi) is 8.33. The SMILES string of the molecule is O=C(Nc1ccc(NC2=NC=NC3C=C(OCCCN4CCCC4)C=CC23)cc1)NC1CCCCC1. The van der Waals surface area contributed by atoms with Crippen LogP contribution in [0.2, 0.25) is 0 Å². The Hall–Kier alpha value is -3.13. The number of allylic oxidation sites excluding steroid dienone is 1. The van der Waals surface area contributed by atoms with Crippen LogP contribution in [0, 0.1) is 5.92 Å². The van der Waals surface area contributed by atoms with E-state index in [1.54, 1.807) is 6.34 Å². The van der Waals surface area contributed by atoms with Gasteiger partial charge in [-0.25, -0.2) is 9.79 Å². The first kappa shape index (κ1) is 24.6. The highest BCUT2D eigenvalue weighted by Crippen LogP contribution is 2.26. The molecule has 0 aromatic heterocycles. The zero-order valence-corrected chi connectivity index (χ0v) is 21.0. The van der Waals surface area contributed by atoms with Gasteiger partial charge in [-0.05, 0) is 81.6 Å². The number of carbonyl (C=O) groups is 1. The number of hydrogen-bond donors (Lipinski definition) is 3. The Morgan fingerprint density at radius 2 is 1.81 bits per heavy atom. The quantitative estimate of drug-likeness (QED) is 0.451. The van der Waals surface area contributed by atoms with Crippen LogP contribution < -0.4 is 16.0 Å². The Morgan fingerprint density at radius 3 is 2.61 bits per heavy atom. The van der Waals surface area contributed by atoms with Crippen LogP contribution in [-0.4, -0.2) is 61.4 Å². The summed E-state index contributed by atoms with van der Waals surface area (Å²) in [7, 11) is 0. The van der Waals surface area contributed by atoms with Crippen molar-refractivity contribution >= 4 is 29.6 Å². The third-order valence-electron chi connectivity index (χ3n) is 7.36. The van der Waals surface area contributed by atoms with Crippen molar-refractivity contribution in [1.29, 1.82) is 0 Å². The molecule has 2 unspecified atom stereocenters. The summed E-state index contributed by atoms with van der Waals surface area (Å²) in [6.45, 7) is 4.30. The van der Waals surface area contributed by atoms with Crippen molar-refractivity contribution in [2.45, 2.75) is 63.5 Å². The predicted octanol–water partition coefficient (Wildman–Crippen LogP) is 4.93. The number of fused-ring (bicyclic) bond motifs is 1. The van der Waals surface area contributed by atoms with Gasteiger partial charge in [-0.2, -0.15) is 0 Å². The minimum Gasteiger partial charge on any atom is -0.494 e. The standard InChI is InChI=1S/C28H38N6O2/c35-28(32-21-7-2-1-3-8-21)33-23-11-9-22(10-12-23)31-27-25-14-13-24(19-26(25)29-20-30-27)36-18-6-17-34-15-4-5-16-34/h9-14,19-21,25-26H,1-8,15-18H2,(H,29,30,31)(H2,32,33,35). The topological polar surface area (TPSA) is 90.3 Å². The van der Waals surface area contributed by atoms with Gasteiger partial charge in [-0.15, -0.1) is 0 Å². The molecule has 1 aromatic rings. The first-order valence-corrected chi connectivity index (χ1v) is 13.5. The zero-order chi connectivity index (χ0) is 24.6. The van der Waals surface area contributed by atoms with Crippen LogP contribution in [0.1, 0.15) is 51.4 Å². The summed E-state index contributed by atoms with van der Waals surface area (Å²) in [4.78, 5) is 23.9. The molecule has 2 fully saturated rings. The van der Waals surface area contributed by atoms with Gasteiger partial charge in [0.1, 0.15) is 17.9 Å². The number of anilines is 2. The van der Waals surface area contributed by atoms with Crippen LogP contribution in [0.5, 0.6) is 0 Å². The molecule has 2 amide bonds. The fourth-order valence-electron chi connectivity index (χ4n) is 5.37.